The molecule has 1 N–H and O–H groups in total. The van der Waals surface area contributed by atoms with E-state index in [1.807, 2.05) is 0 Å². The average Bonchev–Trinajstić information content (AvgIpc) is 2.31. The molecule has 19 heavy (non-hydrogen) atoms. The van der Waals surface area contributed by atoms with Gasteiger partial charge >= 0.3 is 12.9 Å². The molecule has 0 aromatic heterocycles. The summed E-state index contributed by atoms with van der Waals surface area (Å²) in [5.41, 5.74) is 2.28. The van der Waals surface area contributed by atoms with E-state index in [0.29, 0.717) is 0 Å². The highest BCUT2D eigenvalue weighted by Gasteiger charge is 2.30. The van der Waals surface area contributed by atoms with E-state index in [1.54, 1.807) is 0 Å². The highest BCUT2D eigenvalue weighted by Crippen LogP contribution is 2.53. The SMILES string of the molecule is CON[C@@H](C)C(=O)OP(=O)(Cl)Oc1ccc(F)cc1. The van der Waals surface area contributed by atoms with Crippen molar-refractivity contribution in [3.05, 3.63) is 30.1 Å². The molecule has 0 aliphatic carbocycles. The van der Waals surface area contributed by atoms with E-state index in [2.05, 4.69) is 14.8 Å². The number of hydroxylamine groups is 1. The van der Waals surface area contributed by atoms with Crippen molar-refractivity contribution in [2.24, 2.45) is 0 Å². The van der Waals surface area contributed by atoms with E-state index >= 15 is 0 Å². The van der Waals surface area contributed by atoms with Gasteiger partial charge in [-0.05, 0) is 31.2 Å². The molecule has 2 atom stereocenters. The van der Waals surface area contributed by atoms with Crippen LogP contribution in [0.4, 0.5) is 4.39 Å². The van der Waals surface area contributed by atoms with Crippen LogP contribution in [-0.2, 0) is 18.7 Å². The van der Waals surface area contributed by atoms with E-state index in [-0.39, 0.29) is 5.75 Å². The molecule has 0 aliphatic heterocycles. The van der Waals surface area contributed by atoms with Gasteiger partial charge in [-0.25, -0.2) is 13.8 Å². The maximum Gasteiger partial charge on any atom is 0.532 e. The zero-order chi connectivity index (χ0) is 14.5. The second kappa shape index (κ2) is 6.86. The number of nitrogens with one attached hydrogen (secondary N) is 1. The molecule has 0 amide bonds. The Labute approximate surface area is 114 Å². The maximum absolute atomic E-state index is 12.7. The number of benzene rings is 1. The molecule has 9 heteroatoms. The summed E-state index contributed by atoms with van der Waals surface area (Å²) in [6, 6.07) is 3.70. The molecule has 1 rings (SSSR count). The van der Waals surface area contributed by atoms with Crippen molar-refractivity contribution in [2.75, 3.05) is 7.11 Å². The van der Waals surface area contributed by atoms with Gasteiger partial charge < -0.3 is 13.9 Å². The first kappa shape index (κ1) is 15.9. The van der Waals surface area contributed by atoms with Gasteiger partial charge in [0.05, 0.1) is 7.11 Å². The zero-order valence-corrected chi connectivity index (χ0v) is 11.8. The van der Waals surface area contributed by atoms with Gasteiger partial charge in [-0.3, -0.25) is 0 Å². The molecule has 0 bridgehead atoms. The van der Waals surface area contributed by atoms with Gasteiger partial charge in [0.15, 0.2) is 0 Å². The number of carbonyl (C=O) groups is 1. The van der Waals surface area contributed by atoms with Crippen molar-refractivity contribution in [1.82, 2.24) is 5.48 Å². The molecule has 106 valence electrons. The Morgan fingerprint density at radius 3 is 2.53 bits per heavy atom. The summed E-state index contributed by atoms with van der Waals surface area (Å²) in [5, 5.41) is 0. The predicted octanol–water partition coefficient (Wildman–Crippen LogP) is 2.63. The van der Waals surface area contributed by atoms with Gasteiger partial charge in [0.2, 0.25) is 0 Å². The van der Waals surface area contributed by atoms with Crippen LogP contribution in [0, 0.1) is 5.82 Å². The summed E-state index contributed by atoms with van der Waals surface area (Å²) in [6.45, 7) is -2.74. The van der Waals surface area contributed by atoms with Gasteiger partial charge in [0.1, 0.15) is 17.6 Å². The molecule has 0 spiro atoms. The highest BCUT2D eigenvalue weighted by molar-refractivity contribution is 7.82. The van der Waals surface area contributed by atoms with Gasteiger partial charge in [0, 0.05) is 11.2 Å². The Morgan fingerprint density at radius 2 is 2.00 bits per heavy atom. The van der Waals surface area contributed by atoms with Crippen molar-refractivity contribution in [1.29, 1.82) is 0 Å². The molecule has 0 saturated carbocycles. The zero-order valence-electron chi connectivity index (χ0n) is 10.1. The summed E-state index contributed by atoms with van der Waals surface area (Å²) in [5.74, 6) is -1.39. The third-order valence-electron chi connectivity index (χ3n) is 1.88. The molecule has 0 fully saturated rings. The predicted molar refractivity (Wildman–Crippen MR) is 66.2 cm³/mol. The van der Waals surface area contributed by atoms with E-state index in [9.17, 15) is 13.8 Å². The second-order valence-electron chi connectivity index (χ2n) is 3.43. The van der Waals surface area contributed by atoms with Crippen molar-refractivity contribution >= 4 is 24.2 Å². The Hall–Kier alpha value is -1.14. The molecule has 0 aliphatic rings. The maximum atomic E-state index is 12.7. The standard InChI is InChI=1S/C10H12ClFNO5P/c1-7(13-16-2)10(14)18-19(11,15)17-9-5-3-8(12)4-6-9/h3-7,13H,1-2H3/t7-,19?/m0/s1. The first-order valence-electron chi connectivity index (χ1n) is 5.11. The number of halogens is 2. The summed E-state index contributed by atoms with van der Waals surface area (Å²) in [4.78, 5) is 15.9. The molecule has 0 saturated heterocycles. The average molecular weight is 312 g/mol. The smallest absolute Gasteiger partial charge is 0.405 e. The minimum absolute atomic E-state index is 0.0138. The fraction of sp³-hybridized carbons (Fsp3) is 0.300. The highest BCUT2D eigenvalue weighted by atomic mass is 35.7. The minimum Gasteiger partial charge on any atom is -0.405 e. The van der Waals surface area contributed by atoms with E-state index in [4.69, 9.17) is 15.8 Å². The molecule has 1 aromatic carbocycles. The Bertz CT molecular complexity index is 483. The largest absolute Gasteiger partial charge is 0.532 e. The first-order chi connectivity index (χ1) is 8.84. The lowest BCUT2D eigenvalue weighted by molar-refractivity contribution is -0.139. The molecule has 0 radical (unpaired) electrons. The lowest BCUT2D eigenvalue weighted by Crippen LogP contribution is -2.33. The van der Waals surface area contributed by atoms with Crippen molar-refractivity contribution in [3.8, 4) is 5.75 Å². The lowest BCUT2D eigenvalue weighted by Gasteiger charge is -2.15. The minimum atomic E-state index is -4.16. The molecule has 0 heterocycles. The molecule has 1 unspecified atom stereocenters. The molecule has 1 aromatic rings. The number of hydrogen-bond acceptors (Lipinski definition) is 6. The second-order valence-corrected chi connectivity index (χ2v) is 5.90. The van der Waals surface area contributed by atoms with E-state index < -0.39 is 24.8 Å². The Balaban J connectivity index is 2.63. The Morgan fingerprint density at radius 1 is 1.42 bits per heavy atom. The van der Waals surface area contributed by atoms with Gasteiger partial charge in [-0.1, -0.05) is 0 Å². The third kappa shape index (κ3) is 5.57. The lowest BCUT2D eigenvalue weighted by atomic mass is 10.3. The number of hydrogen-bond donors (Lipinski definition) is 1. The summed E-state index contributed by atoms with van der Waals surface area (Å²) in [6.07, 6.45) is 0. The third-order valence-corrected chi connectivity index (χ3v) is 3.12. The van der Waals surface area contributed by atoms with E-state index in [1.165, 1.54) is 26.2 Å². The van der Waals surface area contributed by atoms with Crippen molar-refractivity contribution in [2.45, 2.75) is 13.0 Å². The fourth-order valence-electron chi connectivity index (χ4n) is 1.05. The van der Waals surface area contributed by atoms with Crippen molar-refractivity contribution in [3.63, 3.8) is 0 Å². The van der Waals surface area contributed by atoms with Crippen LogP contribution in [-0.4, -0.2) is 19.1 Å². The van der Waals surface area contributed by atoms with Gasteiger partial charge in [-0.15, -0.1) is 0 Å². The van der Waals surface area contributed by atoms with Gasteiger partial charge in [-0.2, -0.15) is 5.48 Å². The van der Waals surface area contributed by atoms with Crippen LogP contribution >= 0.6 is 18.2 Å². The van der Waals surface area contributed by atoms with Crippen LogP contribution < -0.4 is 10.0 Å². The number of rotatable bonds is 6. The summed E-state index contributed by atoms with van der Waals surface area (Å²) < 4.78 is 33.7. The topological polar surface area (TPSA) is 73.9 Å². The fourth-order valence-corrected chi connectivity index (χ4v) is 2.28. The van der Waals surface area contributed by atoms with Crippen LogP contribution in [0.25, 0.3) is 0 Å². The quantitative estimate of drug-likeness (QED) is 0.643. The van der Waals surface area contributed by atoms with Crippen LogP contribution in [0.2, 0.25) is 0 Å². The summed E-state index contributed by atoms with van der Waals surface area (Å²) >= 11 is 5.48. The summed E-state index contributed by atoms with van der Waals surface area (Å²) in [7, 11) is 1.30. The molecule has 6 nitrogen and oxygen atoms in total. The van der Waals surface area contributed by atoms with Crippen LogP contribution in [0.3, 0.4) is 0 Å². The van der Waals surface area contributed by atoms with Gasteiger partial charge in [0.25, 0.3) is 0 Å². The van der Waals surface area contributed by atoms with Crippen LogP contribution in [0.5, 0.6) is 5.75 Å². The Kier molecular flexibility index (Phi) is 5.75. The monoisotopic (exact) mass is 311 g/mol. The first-order valence-corrected chi connectivity index (χ1v) is 7.55. The van der Waals surface area contributed by atoms with Crippen molar-refractivity contribution < 1.29 is 27.6 Å². The normalized spacial score (nSPS) is 15.4. The number of carbonyl (C=O) groups excluding carboxylic acids is 1. The molecular weight excluding hydrogens is 300 g/mol. The van der Waals surface area contributed by atoms with Crippen LogP contribution in [0.1, 0.15) is 6.92 Å². The van der Waals surface area contributed by atoms with Crippen LogP contribution in [0.15, 0.2) is 24.3 Å². The van der Waals surface area contributed by atoms with E-state index in [0.717, 1.165) is 12.1 Å². The molecular formula is C10H12ClFNO5P.